The topological polar surface area (TPSA) is 81.0 Å². The summed E-state index contributed by atoms with van der Waals surface area (Å²) < 4.78 is 56.6. The minimum atomic E-state index is -4.40. The number of nitrogens with one attached hydrogen (secondary N) is 1. The maximum atomic E-state index is 12.8. The van der Waals surface area contributed by atoms with Gasteiger partial charge < -0.3 is 4.74 Å². The van der Waals surface area contributed by atoms with Crippen molar-refractivity contribution in [2.24, 2.45) is 0 Å². The Morgan fingerprint density at radius 3 is 2.65 bits per heavy atom. The van der Waals surface area contributed by atoms with Crippen molar-refractivity contribution >= 4 is 22.9 Å². The predicted octanol–water partition coefficient (Wildman–Crippen LogP) is 5.71. The zero-order chi connectivity index (χ0) is 23.0. The molecule has 31 heavy (non-hydrogen) atoms. The second-order valence-corrected chi connectivity index (χ2v) is 7.88. The quantitative estimate of drug-likeness (QED) is 0.405. The molecule has 0 amide bonds. The summed E-state index contributed by atoms with van der Waals surface area (Å²) in [4.78, 5) is 18.7. The molecule has 0 bridgehead atoms. The molecule has 11 heteroatoms. The highest BCUT2D eigenvalue weighted by Gasteiger charge is 2.30. The number of hydrogen-bond donors (Lipinski definition) is 1. The smallest absolute Gasteiger partial charge is 0.439 e. The molecule has 4 aromatic rings. The van der Waals surface area contributed by atoms with E-state index in [0.29, 0.717) is 22.0 Å². The zero-order valence-electron chi connectivity index (χ0n) is 16.7. The lowest BCUT2D eigenvalue weighted by atomic mass is 10.1. The van der Waals surface area contributed by atoms with Crippen molar-refractivity contribution in [2.75, 3.05) is 0 Å². The summed E-state index contributed by atoms with van der Waals surface area (Å²) in [6, 6.07) is 7.67. The van der Waals surface area contributed by atoms with Crippen LogP contribution in [0, 0.1) is 6.92 Å². The van der Waals surface area contributed by atoms with Crippen molar-refractivity contribution in [3.8, 4) is 27.7 Å². The summed E-state index contributed by atoms with van der Waals surface area (Å²) >= 11 is 7.52. The van der Waals surface area contributed by atoms with Gasteiger partial charge in [0.05, 0.1) is 22.5 Å². The molecule has 0 radical (unpaired) electrons. The Balaban J connectivity index is 1.51. The van der Waals surface area contributed by atoms with Crippen molar-refractivity contribution < 1.29 is 23.8 Å². The van der Waals surface area contributed by atoms with E-state index in [1.165, 1.54) is 35.6 Å². The molecule has 0 aliphatic heterocycles. The van der Waals surface area contributed by atoms with Crippen molar-refractivity contribution in [3.63, 3.8) is 0 Å². The average Bonchev–Trinajstić information content (AvgIpc) is 3.31. The van der Waals surface area contributed by atoms with E-state index >= 15 is 0 Å². The summed E-state index contributed by atoms with van der Waals surface area (Å²) in [7, 11) is 0. The van der Waals surface area contributed by atoms with E-state index in [4.69, 9.17) is 17.7 Å². The number of aryl methyl sites for hydroxylation is 1. The molecule has 2 aromatic carbocycles. The van der Waals surface area contributed by atoms with E-state index < -0.39 is 17.5 Å². The van der Waals surface area contributed by atoms with Gasteiger partial charge in [0.25, 0.3) is 0 Å². The fourth-order valence-electron chi connectivity index (χ4n) is 2.69. The molecule has 0 fully saturated rings. The molecule has 0 spiro atoms. The van der Waals surface area contributed by atoms with E-state index in [9.17, 15) is 18.0 Å². The van der Waals surface area contributed by atoms with E-state index in [1.807, 2.05) is 0 Å². The molecule has 2 aromatic heterocycles. The summed E-state index contributed by atoms with van der Waals surface area (Å²) in [5.41, 5.74) is 0.724. The number of thiazole rings is 1. The van der Waals surface area contributed by atoms with E-state index in [0.717, 1.165) is 17.0 Å². The van der Waals surface area contributed by atoms with Crippen LogP contribution in [-0.2, 0) is 12.8 Å². The maximum Gasteiger partial charge on any atom is 0.439 e. The van der Waals surface area contributed by atoms with Crippen molar-refractivity contribution in [3.05, 3.63) is 74.1 Å². The third-order valence-electron chi connectivity index (χ3n) is 4.27. The van der Waals surface area contributed by atoms with Crippen LogP contribution in [0.3, 0.4) is 0 Å². The number of halogens is 4. The van der Waals surface area contributed by atoms with Crippen LogP contribution >= 0.6 is 22.9 Å². The second-order valence-electron chi connectivity index (χ2n) is 6.39. The summed E-state index contributed by atoms with van der Waals surface area (Å²) in [5, 5.41) is 4.25. The minimum Gasteiger partial charge on any atom is -0.488 e. The standard InChI is InChI=1S/C20H13ClF3N3O3S/c1-10-16(31-18(25-10)11-2-4-12(5-3-11)20(22,23)24)9-29-13-6-7-14(15(21)8-13)17-26-19(28)30-27-17/h2-8H,9H2,1H3,(H,26,27,28)/i7D. The van der Waals surface area contributed by atoms with Gasteiger partial charge in [-0.25, -0.2) is 9.78 Å². The van der Waals surface area contributed by atoms with Gasteiger partial charge >= 0.3 is 11.9 Å². The van der Waals surface area contributed by atoms with Crippen molar-refractivity contribution in [2.45, 2.75) is 19.7 Å². The first kappa shape index (κ1) is 19.8. The number of H-pyrrole nitrogens is 1. The monoisotopic (exact) mass is 468 g/mol. The molecule has 0 aliphatic rings. The van der Waals surface area contributed by atoms with E-state index in [-0.39, 0.29) is 29.1 Å². The van der Waals surface area contributed by atoms with Crippen LogP contribution in [0.1, 0.15) is 17.5 Å². The Morgan fingerprint density at radius 1 is 1.29 bits per heavy atom. The van der Waals surface area contributed by atoms with Gasteiger partial charge in [-0.1, -0.05) is 28.9 Å². The number of benzene rings is 2. The fraction of sp³-hybridized carbons (Fsp3) is 0.150. The SMILES string of the molecule is [2H]c1cc(OCc2sc(-c3ccc(C(F)(F)F)cc3)nc2C)cc(Cl)c1-c1noc(=O)[nH]1. The van der Waals surface area contributed by atoms with Gasteiger partial charge in [0, 0.05) is 11.1 Å². The number of nitrogens with zero attached hydrogens (tertiary/aromatic N) is 2. The molecule has 4 rings (SSSR count). The molecule has 2 heterocycles. The molecule has 0 saturated carbocycles. The summed E-state index contributed by atoms with van der Waals surface area (Å²) in [6.45, 7) is 1.90. The molecular weight excluding hydrogens is 455 g/mol. The second kappa shape index (κ2) is 8.20. The third-order valence-corrected chi connectivity index (χ3v) is 5.74. The van der Waals surface area contributed by atoms with Gasteiger partial charge in [0.15, 0.2) is 5.82 Å². The number of rotatable bonds is 5. The van der Waals surface area contributed by atoms with Gasteiger partial charge in [-0.05, 0) is 37.2 Å². The normalized spacial score (nSPS) is 12.1. The molecule has 0 saturated heterocycles. The maximum absolute atomic E-state index is 12.8. The Labute approximate surface area is 183 Å². The Kier molecular flexibility index (Phi) is 5.24. The number of hydrogen-bond acceptors (Lipinski definition) is 6. The van der Waals surface area contributed by atoms with Crippen LogP contribution < -0.4 is 10.5 Å². The number of ether oxygens (including phenoxy) is 1. The molecule has 1 N–H and O–H groups in total. The molecule has 160 valence electrons. The molecule has 6 nitrogen and oxygen atoms in total. The van der Waals surface area contributed by atoms with Crippen LogP contribution in [0.2, 0.25) is 5.02 Å². The molecule has 0 aliphatic carbocycles. The van der Waals surface area contributed by atoms with Crippen LogP contribution in [0.25, 0.3) is 22.0 Å². The Morgan fingerprint density at radius 2 is 2.03 bits per heavy atom. The average molecular weight is 469 g/mol. The van der Waals surface area contributed by atoms with Crippen LogP contribution in [0.4, 0.5) is 13.2 Å². The lowest BCUT2D eigenvalue weighted by molar-refractivity contribution is -0.137. The lowest BCUT2D eigenvalue weighted by Gasteiger charge is -2.07. The van der Waals surface area contributed by atoms with E-state index in [2.05, 4.69) is 19.6 Å². The highest BCUT2D eigenvalue weighted by molar-refractivity contribution is 7.15. The zero-order valence-corrected chi connectivity index (χ0v) is 17.3. The molecule has 0 unspecified atom stereocenters. The molecule has 0 atom stereocenters. The van der Waals surface area contributed by atoms with Gasteiger partial charge in [0.1, 0.15) is 17.4 Å². The van der Waals surface area contributed by atoms with Crippen LogP contribution in [0.5, 0.6) is 5.75 Å². The number of aromatic nitrogens is 3. The summed E-state index contributed by atoms with van der Waals surface area (Å²) in [6.07, 6.45) is -4.40. The fourth-order valence-corrected chi connectivity index (χ4v) is 3.92. The van der Waals surface area contributed by atoms with Gasteiger partial charge in [-0.3, -0.25) is 9.51 Å². The van der Waals surface area contributed by atoms with Crippen molar-refractivity contribution in [1.29, 1.82) is 0 Å². The van der Waals surface area contributed by atoms with Gasteiger partial charge in [-0.2, -0.15) is 13.2 Å². The first-order valence-corrected chi connectivity index (χ1v) is 9.94. The number of aromatic amines is 1. The third kappa shape index (κ3) is 4.64. The lowest BCUT2D eigenvalue weighted by Crippen LogP contribution is -2.03. The first-order chi connectivity index (χ1) is 15.1. The first-order valence-electron chi connectivity index (χ1n) is 9.25. The Bertz CT molecular complexity index is 1310. The number of alkyl halides is 3. The highest BCUT2D eigenvalue weighted by Crippen LogP contribution is 2.34. The minimum absolute atomic E-state index is 0.0245. The van der Waals surface area contributed by atoms with Crippen LogP contribution in [-0.4, -0.2) is 15.1 Å². The van der Waals surface area contributed by atoms with Crippen LogP contribution in [0.15, 0.2) is 51.8 Å². The van der Waals surface area contributed by atoms with Gasteiger partial charge in [-0.15, -0.1) is 11.3 Å². The molecular formula is C20H13ClF3N3O3S. The van der Waals surface area contributed by atoms with E-state index in [1.54, 1.807) is 6.92 Å². The highest BCUT2D eigenvalue weighted by atomic mass is 35.5. The largest absolute Gasteiger partial charge is 0.488 e. The van der Waals surface area contributed by atoms with Crippen molar-refractivity contribution in [1.82, 2.24) is 15.1 Å². The predicted molar refractivity (Wildman–Crippen MR) is 109 cm³/mol. The van der Waals surface area contributed by atoms with Gasteiger partial charge in [0.2, 0.25) is 0 Å². The summed E-state index contributed by atoms with van der Waals surface area (Å²) in [5.74, 6) is -0.408. The Hall–Kier alpha value is -3.11.